The standard InChI is InChI=1S/C18H24N2O2/c1-21-18-7-3-6-16(18)17-13-22-9-8-20(17)12-15-5-2-4-14(10-15)11-19/h2,4-5,10,16-18H,3,6-9,12-13H2,1H3/t16-,17+,18+/m0/s1. The zero-order chi connectivity index (χ0) is 15.4. The van der Waals surface area contributed by atoms with Crippen molar-refractivity contribution >= 4 is 0 Å². The Labute approximate surface area is 132 Å². The number of morpholine rings is 1. The SMILES string of the molecule is CO[C@@H]1CCC[C@H]1[C@H]1COCCN1Cc1cccc(C#N)c1. The van der Waals surface area contributed by atoms with Gasteiger partial charge in [0.15, 0.2) is 0 Å². The van der Waals surface area contributed by atoms with Gasteiger partial charge in [0.2, 0.25) is 0 Å². The lowest BCUT2D eigenvalue weighted by Gasteiger charge is -2.40. The van der Waals surface area contributed by atoms with Crippen LogP contribution in [0.25, 0.3) is 0 Å². The molecular formula is C18H24N2O2. The lowest BCUT2D eigenvalue weighted by molar-refractivity contribution is -0.0608. The van der Waals surface area contributed by atoms with E-state index in [4.69, 9.17) is 14.7 Å². The first-order valence-electron chi connectivity index (χ1n) is 8.15. The number of methoxy groups -OCH3 is 1. The van der Waals surface area contributed by atoms with Crippen LogP contribution >= 0.6 is 0 Å². The number of rotatable bonds is 4. The summed E-state index contributed by atoms with van der Waals surface area (Å²) >= 11 is 0. The van der Waals surface area contributed by atoms with Gasteiger partial charge in [-0.2, -0.15) is 5.26 Å². The fraction of sp³-hybridized carbons (Fsp3) is 0.611. The second-order valence-corrected chi connectivity index (χ2v) is 6.29. The lowest BCUT2D eigenvalue weighted by Crippen LogP contribution is -2.50. The molecule has 3 rings (SSSR count). The van der Waals surface area contributed by atoms with Gasteiger partial charge in [-0.05, 0) is 30.5 Å². The number of benzene rings is 1. The molecule has 118 valence electrons. The quantitative estimate of drug-likeness (QED) is 0.857. The Hall–Kier alpha value is -1.41. The Kier molecular flexibility index (Phi) is 5.09. The molecule has 1 heterocycles. The molecule has 1 saturated heterocycles. The van der Waals surface area contributed by atoms with Crippen molar-refractivity contribution in [2.45, 2.75) is 38.0 Å². The predicted octanol–water partition coefficient (Wildman–Crippen LogP) is 2.57. The van der Waals surface area contributed by atoms with Crippen LogP contribution in [0, 0.1) is 17.2 Å². The van der Waals surface area contributed by atoms with Crippen molar-refractivity contribution in [2.75, 3.05) is 26.9 Å². The molecule has 2 aliphatic rings. The first kappa shape index (κ1) is 15.5. The molecule has 1 saturated carbocycles. The van der Waals surface area contributed by atoms with Crippen molar-refractivity contribution in [3.63, 3.8) is 0 Å². The van der Waals surface area contributed by atoms with Gasteiger partial charge >= 0.3 is 0 Å². The Bertz CT molecular complexity index is 540. The zero-order valence-corrected chi connectivity index (χ0v) is 13.2. The fourth-order valence-corrected chi connectivity index (χ4v) is 3.91. The van der Waals surface area contributed by atoms with Crippen LogP contribution in [0.5, 0.6) is 0 Å². The van der Waals surface area contributed by atoms with Gasteiger partial charge in [-0.15, -0.1) is 0 Å². The smallest absolute Gasteiger partial charge is 0.0991 e. The Morgan fingerprint density at radius 3 is 3.14 bits per heavy atom. The maximum Gasteiger partial charge on any atom is 0.0991 e. The molecule has 2 fully saturated rings. The Morgan fingerprint density at radius 2 is 2.32 bits per heavy atom. The van der Waals surface area contributed by atoms with E-state index in [9.17, 15) is 0 Å². The van der Waals surface area contributed by atoms with E-state index in [1.165, 1.54) is 18.4 Å². The highest BCUT2D eigenvalue weighted by molar-refractivity contribution is 5.32. The minimum atomic E-state index is 0.361. The van der Waals surface area contributed by atoms with E-state index in [2.05, 4.69) is 17.0 Å². The molecule has 0 radical (unpaired) electrons. The van der Waals surface area contributed by atoms with Crippen molar-refractivity contribution in [3.8, 4) is 6.07 Å². The summed E-state index contributed by atoms with van der Waals surface area (Å²) in [5.41, 5.74) is 1.94. The lowest BCUT2D eigenvalue weighted by atomic mass is 9.93. The van der Waals surface area contributed by atoms with Crippen LogP contribution in [-0.4, -0.2) is 43.9 Å². The molecule has 1 aliphatic heterocycles. The van der Waals surface area contributed by atoms with E-state index < -0.39 is 0 Å². The van der Waals surface area contributed by atoms with Gasteiger partial charge in [-0.1, -0.05) is 18.6 Å². The molecule has 1 aromatic rings. The first-order valence-corrected chi connectivity index (χ1v) is 8.15. The second-order valence-electron chi connectivity index (χ2n) is 6.29. The molecule has 0 N–H and O–H groups in total. The van der Waals surface area contributed by atoms with Crippen LogP contribution in [-0.2, 0) is 16.0 Å². The summed E-state index contributed by atoms with van der Waals surface area (Å²) in [6, 6.07) is 10.6. The number of hydrogen-bond acceptors (Lipinski definition) is 4. The van der Waals surface area contributed by atoms with Gasteiger partial charge in [0.1, 0.15) is 0 Å². The highest BCUT2D eigenvalue weighted by Gasteiger charge is 2.38. The molecule has 0 bridgehead atoms. The van der Waals surface area contributed by atoms with Crippen LogP contribution in [0.15, 0.2) is 24.3 Å². The largest absolute Gasteiger partial charge is 0.381 e. The van der Waals surface area contributed by atoms with Gasteiger partial charge < -0.3 is 9.47 Å². The van der Waals surface area contributed by atoms with E-state index in [-0.39, 0.29) is 0 Å². The molecule has 4 nitrogen and oxygen atoms in total. The van der Waals surface area contributed by atoms with Crippen molar-refractivity contribution in [3.05, 3.63) is 35.4 Å². The number of hydrogen-bond donors (Lipinski definition) is 0. The summed E-state index contributed by atoms with van der Waals surface area (Å²) in [6.45, 7) is 3.42. The van der Waals surface area contributed by atoms with Crippen molar-refractivity contribution in [1.29, 1.82) is 5.26 Å². The van der Waals surface area contributed by atoms with Crippen molar-refractivity contribution < 1.29 is 9.47 Å². The van der Waals surface area contributed by atoms with Gasteiger partial charge in [-0.25, -0.2) is 0 Å². The average Bonchev–Trinajstić information content (AvgIpc) is 3.04. The number of nitriles is 1. The van der Waals surface area contributed by atoms with E-state index >= 15 is 0 Å². The minimum Gasteiger partial charge on any atom is -0.381 e. The summed E-state index contributed by atoms with van der Waals surface area (Å²) in [7, 11) is 1.83. The van der Waals surface area contributed by atoms with Crippen LogP contribution < -0.4 is 0 Å². The van der Waals surface area contributed by atoms with Gasteiger partial charge in [0.25, 0.3) is 0 Å². The third-order valence-electron chi connectivity index (χ3n) is 5.02. The summed E-state index contributed by atoms with van der Waals surface area (Å²) < 4.78 is 11.4. The zero-order valence-electron chi connectivity index (χ0n) is 13.2. The molecule has 0 spiro atoms. The molecule has 0 aromatic heterocycles. The van der Waals surface area contributed by atoms with Crippen LogP contribution in [0.3, 0.4) is 0 Å². The highest BCUT2D eigenvalue weighted by atomic mass is 16.5. The summed E-state index contributed by atoms with van der Waals surface area (Å²) in [5, 5.41) is 9.06. The normalized spacial score (nSPS) is 29.4. The van der Waals surface area contributed by atoms with Gasteiger partial charge in [-0.3, -0.25) is 4.90 Å². The molecule has 1 aliphatic carbocycles. The van der Waals surface area contributed by atoms with E-state index in [0.717, 1.165) is 38.3 Å². The first-order chi connectivity index (χ1) is 10.8. The third-order valence-corrected chi connectivity index (χ3v) is 5.02. The average molecular weight is 300 g/mol. The fourth-order valence-electron chi connectivity index (χ4n) is 3.91. The van der Waals surface area contributed by atoms with Crippen LogP contribution in [0.2, 0.25) is 0 Å². The van der Waals surface area contributed by atoms with E-state index in [1.807, 2.05) is 25.3 Å². The highest BCUT2D eigenvalue weighted by Crippen LogP contribution is 2.34. The topological polar surface area (TPSA) is 45.5 Å². The van der Waals surface area contributed by atoms with Crippen LogP contribution in [0.1, 0.15) is 30.4 Å². The summed E-state index contributed by atoms with van der Waals surface area (Å²) in [5.74, 6) is 0.560. The van der Waals surface area contributed by atoms with Gasteiger partial charge in [0, 0.05) is 32.2 Å². The molecule has 0 amide bonds. The third kappa shape index (κ3) is 3.33. The van der Waals surface area contributed by atoms with Crippen LogP contribution in [0.4, 0.5) is 0 Å². The molecular weight excluding hydrogens is 276 g/mol. The molecule has 22 heavy (non-hydrogen) atoms. The molecule has 0 unspecified atom stereocenters. The number of ether oxygens (including phenoxy) is 2. The maximum atomic E-state index is 9.06. The van der Waals surface area contributed by atoms with Crippen molar-refractivity contribution in [2.24, 2.45) is 5.92 Å². The Morgan fingerprint density at radius 1 is 1.41 bits per heavy atom. The Balaban J connectivity index is 1.73. The molecule has 4 heteroatoms. The minimum absolute atomic E-state index is 0.361. The second kappa shape index (κ2) is 7.23. The summed E-state index contributed by atoms with van der Waals surface area (Å²) in [4.78, 5) is 2.52. The molecule has 1 aromatic carbocycles. The van der Waals surface area contributed by atoms with E-state index in [0.29, 0.717) is 18.1 Å². The monoisotopic (exact) mass is 300 g/mol. The maximum absolute atomic E-state index is 9.06. The summed E-state index contributed by atoms with van der Waals surface area (Å²) in [6.07, 6.45) is 3.99. The number of nitrogens with zero attached hydrogens (tertiary/aromatic N) is 2. The van der Waals surface area contributed by atoms with E-state index in [1.54, 1.807) is 0 Å². The predicted molar refractivity (Wildman–Crippen MR) is 84.3 cm³/mol. The molecule has 3 atom stereocenters. The van der Waals surface area contributed by atoms with Gasteiger partial charge in [0.05, 0.1) is 31.0 Å². The van der Waals surface area contributed by atoms with Crippen molar-refractivity contribution in [1.82, 2.24) is 4.90 Å².